The molecule has 0 fully saturated rings. The lowest BCUT2D eigenvalue weighted by Crippen LogP contribution is -2.51. The van der Waals surface area contributed by atoms with E-state index in [9.17, 15) is 18.7 Å². The van der Waals surface area contributed by atoms with E-state index in [1.165, 1.54) is 12.1 Å². The predicted octanol–water partition coefficient (Wildman–Crippen LogP) is 2.17. The van der Waals surface area contributed by atoms with E-state index in [-0.39, 0.29) is 18.9 Å². The largest absolute Gasteiger partial charge is 0.390 e. The number of rotatable bonds is 11. The Hall–Kier alpha value is -2.35. The summed E-state index contributed by atoms with van der Waals surface area (Å²) in [7, 11) is 0. The molecule has 0 saturated carbocycles. The fraction of sp³-hybridized carbons (Fsp3) is 0.435. The topological polar surface area (TPSA) is 87.4 Å². The molecule has 0 bridgehead atoms. The minimum atomic E-state index is -0.993. The average molecular weight is 420 g/mol. The summed E-state index contributed by atoms with van der Waals surface area (Å²) >= 11 is 0. The third-order valence-corrected chi connectivity index (χ3v) is 4.75. The molecule has 0 unspecified atom stereocenters. The first-order chi connectivity index (χ1) is 14.2. The van der Waals surface area contributed by atoms with Gasteiger partial charge >= 0.3 is 0 Å². The number of carbonyl (C=O) groups is 1. The van der Waals surface area contributed by atoms with Crippen LogP contribution in [0.15, 0.2) is 48.5 Å². The number of amides is 1. The van der Waals surface area contributed by atoms with Gasteiger partial charge in [0.25, 0.3) is 0 Å². The van der Waals surface area contributed by atoms with Crippen molar-refractivity contribution in [2.75, 3.05) is 13.1 Å². The van der Waals surface area contributed by atoms with E-state index in [1.54, 1.807) is 0 Å². The predicted molar refractivity (Wildman–Crippen MR) is 114 cm³/mol. The summed E-state index contributed by atoms with van der Waals surface area (Å²) in [6.07, 6.45) is -0.421. The molecule has 1 amide bonds. The van der Waals surface area contributed by atoms with Crippen LogP contribution in [0.25, 0.3) is 0 Å². The summed E-state index contributed by atoms with van der Waals surface area (Å²) in [4.78, 5) is 12.6. The molecule has 0 saturated heterocycles. The molecule has 0 aliphatic heterocycles. The zero-order valence-corrected chi connectivity index (χ0v) is 17.4. The molecule has 0 heterocycles. The molecule has 2 rings (SSSR count). The van der Waals surface area contributed by atoms with Crippen molar-refractivity contribution in [3.05, 3.63) is 71.3 Å². The van der Waals surface area contributed by atoms with E-state index in [2.05, 4.69) is 10.6 Å². The van der Waals surface area contributed by atoms with Crippen LogP contribution in [-0.4, -0.2) is 42.3 Å². The monoisotopic (exact) mass is 419 g/mol. The SMILES string of the molecule is CC(C)CNC(=O)[C@H](Cc1ccccc1)NC[C@@H](O)[C@@H](N)Cc1cc(F)cc(F)c1. The maximum Gasteiger partial charge on any atom is 0.237 e. The van der Waals surface area contributed by atoms with Gasteiger partial charge in [0.1, 0.15) is 11.6 Å². The van der Waals surface area contributed by atoms with Gasteiger partial charge in [-0.05, 0) is 42.0 Å². The molecule has 5 nitrogen and oxygen atoms in total. The Balaban J connectivity index is 1.97. The van der Waals surface area contributed by atoms with Crippen molar-refractivity contribution in [2.45, 2.75) is 44.9 Å². The van der Waals surface area contributed by atoms with Gasteiger partial charge in [0, 0.05) is 25.2 Å². The normalized spacial score (nSPS) is 14.4. The lowest BCUT2D eigenvalue weighted by molar-refractivity contribution is -0.123. The first-order valence-corrected chi connectivity index (χ1v) is 10.2. The maximum absolute atomic E-state index is 13.4. The molecule has 0 radical (unpaired) electrons. The highest BCUT2D eigenvalue weighted by Crippen LogP contribution is 2.11. The number of nitrogens with one attached hydrogen (secondary N) is 2. The molecular formula is C23H31F2N3O2. The van der Waals surface area contributed by atoms with E-state index < -0.39 is 29.8 Å². The highest BCUT2D eigenvalue weighted by Gasteiger charge is 2.22. The Kier molecular flexibility index (Phi) is 9.36. The Morgan fingerprint density at radius 1 is 1.00 bits per heavy atom. The van der Waals surface area contributed by atoms with E-state index >= 15 is 0 Å². The molecular weight excluding hydrogens is 388 g/mol. The zero-order valence-electron chi connectivity index (χ0n) is 17.4. The van der Waals surface area contributed by atoms with Crippen LogP contribution in [0.2, 0.25) is 0 Å². The number of halogens is 2. The third kappa shape index (κ3) is 8.18. The van der Waals surface area contributed by atoms with Crippen molar-refractivity contribution in [3.63, 3.8) is 0 Å². The molecule has 7 heteroatoms. The van der Waals surface area contributed by atoms with Crippen molar-refractivity contribution in [1.29, 1.82) is 0 Å². The number of benzene rings is 2. The van der Waals surface area contributed by atoms with Gasteiger partial charge in [0.05, 0.1) is 12.1 Å². The number of hydrogen-bond donors (Lipinski definition) is 4. The van der Waals surface area contributed by atoms with Crippen molar-refractivity contribution in [2.24, 2.45) is 11.7 Å². The minimum absolute atomic E-state index is 0.0750. The van der Waals surface area contributed by atoms with E-state index in [1.807, 2.05) is 44.2 Å². The molecule has 30 heavy (non-hydrogen) atoms. The van der Waals surface area contributed by atoms with Crippen LogP contribution in [0, 0.1) is 17.6 Å². The Morgan fingerprint density at radius 3 is 2.23 bits per heavy atom. The van der Waals surface area contributed by atoms with Crippen LogP contribution in [-0.2, 0) is 17.6 Å². The van der Waals surface area contributed by atoms with Crippen molar-refractivity contribution >= 4 is 5.91 Å². The van der Waals surface area contributed by atoms with Gasteiger partial charge in [-0.25, -0.2) is 8.78 Å². The van der Waals surface area contributed by atoms with Gasteiger partial charge in [0.15, 0.2) is 0 Å². The van der Waals surface area contributed by atoms with Gasteiger partial charge in [0.2, 0.25) is 5.91 Å². The maximum atomic E-state index is 13.4. The summed E-state index contributed by atoms with van der Waals surface area (Å²) in [6, 6.07) is 11.5. The smallest absolute Gasteiger partial charge is 0.237 e. The number of carbonyl (C=O) groups excluding carboxylic acids is 1. The first kappa shape index (κ1) is 23.9. The fourth-order valence-electron chi connectivity index (χ4n) is 3.09. The van der Waals surface area contributed by atoms with Crippen molar-refractivity contribution in [3.8, 4) is 0 Å². The Labute approximate surface area is 176 Å². The molecule has 2 aromatic rings. The molecule has 0 aliphatic rings. The average Bonchev–Trinajstić information content (AvgIpc) is 2.68. The molecule has 0 aliphatic carbocycles. The van der Waals surface area contributed by atoms with Gasteiger partial charge in [-0.3, -0.25) is 4.79 Å². The lowest BCUT2D eigenvalue weighted by atomic mass is 10.0. The molecule has 3 atom stereocenters. The summed E-state index contributed by atoms with van der Waals surface area (Å²) in [5.74, 6) is -1.21. The quantitative estimate of drug-likeness (QED) is 0.450. The highest BCUT2D eigenvalue weighted by atomic mass is 19.1. The van der Waals surface area contributed by atoms with Crippen LogP contribution in [0.4, 0.5) is 8.78 Å². The van der Waals surface area contributed by atoms with Crippen LogP contribution in [0.3, 0.4) is 0 Å². The second-order valence-electron chi connectivity index (χ2n) is 8.00. The van der Waals surface area contributed by atoms with Crippen LogP contribution in [0.1, 0.15) is 25.0 Å². The van der Waals surface area contributed by atoms with Gasteiger partial charge in [-0.2, -0.15) is 0 Å². The Morgan fingerprint density at radius 2 is 1.63 bits per heavy atom. The molecule has 5 N–H and O–H groups in total. The van der Waals surface area contributed by atoms with Gasteiger partial charge < -0.3 is 21.5 Å². The lowest BCUT2D eigenvalue weighted by Gasteiger charge is -2.24. The highest BCUT2D eigenvalue weighted by molar-refractivity contribution is 5.82. The molecule has 0 aromatic heterocycles. The minimum Gasteiger partial charge on any atom is -0.390 e. The van der Waals surface area contributed by atoms with Crippen LogP contribution >= 0.6 is 0 Å². The number of nitrogens with two attached hydrogens (primary N) is 1. The van der Waals surface area contributed by atoms with Crippen molar-refractivity contribution in [1.82, 2.24) is 10.6 Å². The van der Waals surface area contributed by atoms with Gasteiger partial charge in [-0.1, -0.05) is 44.2 Å². The first-order valence-electron chi connectivity index (χ1n) is 10.2. The third-order valence-electron chi connectivity index (χ3n) is 4.75. The van der Waals surface area contributed by atoms with E-state index in [0.29, 0.717) is 24.4 Å². The number of hydrogen-bond acceptors (Lipinski definition) is 4. The van der Waals surface area contributed by atoms with E-state index in [0.717, 1.165) is 11.6 Å². The van der Waals surface area contributed by atoms with E-state index in [4.69, 9.17) is 5.73 Å². The standard InChI is InChI=1S/C23H31F2N3O2/c1-15(2)13-28-23(30)21(11-16-6-4-3-5-7-16)27-14-22(29)20(26)10-17-8-18(24)12-19(25)9-17/h3-9,12,15,20-22,27,29H,10-11,13-14,26H2,1-2H3,(H,28,30)/t20-,21-,22+/m0/s1. The zero-order chi connectivity index (χ0) is 22.1. The second-order valence-corrected chi connectivity index (χ2v) is 8.00. The molecule has 2 aromatic carbocycles. The molecule has 0 spiro atoms. The summed E-state index contributed by atoms with van der Waals surface area (Å²) < 4.78 is 26.7. The molecule has 164 valence electrons. The second kappa shape index (κ2) is 11.7. The van der Waals surface area contributed by atoms with Gasteiger partial charge in [-0.15, -0.1) is 0 Å². The number of aliphatic hydroxyl groups excluding tert-OH is 1. The summed E-state index contributed by atoms with van der Waals surface area (Å²) in [5, 5.41) is 16.4. The fourth-order valence-corrected chi connectivity index (χ4v) is 3.09. The number of aliphatic hydroxyl groups is 1. The van der Waals surface area contributed by atoms with Crippen LogP contribution < -0.4 is 16.4 Å². The van der Waals surface area contributed by atoms with Crippen molar-refractivity contribution < 1.29 is 18.7 Å². The Bertz CT molecular complexity index is 782. The summed E-state index contributed by atoms with van der Waals surface area (Å²) in [5.41, 5.74) is 7.39. The van der Waals surface area contributed by atoms with Crippen LogP contribution in [0.5, 0.6) is 0 Å². The summed E-state index contributed by atoms with van der Waals surface area (Å²) in [6.45, 7) is 4.65.